The Morgan fingerprint density at radius 1 is 1.21 bits per heavy atom. The third-order valence-corrected chi connectivity index (χ3v) is 5.12. The molecular weight excluding hydrogens is 336 g/mol. The number of nitrogens with zero attached hydrogens (tertiary/aromatic N) is 1. The molecule has 0 bridgehead atoms. The van der Waals surface area contributed by atoms with E-state index in [4.69, 9.17) is 14.2 Å². The van der Waals surface area contributed by atoms with Crippen molar-refractivity contribution in [3.8, 4) is 11.5 Å². The number of methoxy groups -OCH3 is 2. The molecule has 2 rings (SSSR count). The van der Waals surface area contributed by atoms with Crippen LogP contribution in [0.3, 0.4) is 0 Å². The van der Waals surface area contributed by atoms with Gasteiger partial charge in [0.25, 0.3) is 0 Å². The van der Waals surface area contributed by atoms with E-state index in [0.29, 0.717) is 37.8 Å². The summed E-state index contributed by atoms with van der Waals surface area (Å²) in [5, 5.41) is 0. The fourth-order valence-electron chi connectivity index (χ4n) is 2.33. The van der Waals surface area contributed by atoms with E-state index in [2.05, 4.69) is 4.72 Å². The maximum absolute atomic E-state index is 12.3. The Bertz CT molecular complexity index is 671. The number of rotatable bonds is 7. The largest absolute Gasteiger partial charge is 0.493 e. The summed E-state index contributed by atoms with van der Waals surface area (Å²) in [6.45, 7) is 2.15. The number of sulfonamides is 1. The number of hydrogen-bond donors (Lipinski definition) is 1. The van der Waals surface area contributed by atoms with E-state index >= 15 is 0 Å². The van der Waals surface area contributed by atoms with E-state index in [1.54, 1.807) is 4.90 Å². The second kappa shape index (κ2) is 8.32. The van der Waals surface area contributed by atoms with Crippen LogP contribution in [-0.4, -0.2) is 66.3 Å². The van der Waals surface area contributed by atoms with Gasteiger partial charge in [0, 0.05) is 32.1 Å². The van der Waals surface area contributed by atoms with Crippen LogP contribution in [0.2, 0.25) is 0 Å². The molecule has 1 amide bonds. The van der Waals surface area contributed by atoms with Crippen LogP contribution in [0.4, 0.5) is 0 Å². The second-order valence-corrected chi connectivity index (χ2v) is 6.92. The van der Waals surface area contributed by atoms with Gasteiger partial charge in [0.15, 0.2) is 11.5 Å². The summed E-state index contributed by atoms with van der Waals surface area (Å²) in [7, 11) is -0.818. The third kappa shape index (κ3) is 4.59. The van der Waals surface area contributed by atoms with Gasteiger partial charge < -0.3 is 19.1 Å². The SMILES string of the molecule is COc1ccc(S(=O)(=O)NCCC(=O)N2CCOCC2)cc1OC. The maximum atomic E-state index is 12.3. The van der Waals surface area contributed by atoms with E-state index in [1.165, 1.54) is 32.4 Å². The first kappa shape index (κ1) is 18.5. The quantitative estimate of drug-likeness (QED) is 0.750. The molecule has 0 atom stereocenters. The van der Waals surface area contributed by atoms with Crippen molar-refractivity contribution < 1.29 is 27.4 Å². The number of nitrogens with one attached hydrogen (secondary N) is 1. The number of carbonyl (C=O) groups is 1. The van der Waals surface area contributed by atoms with Crippen molar-refractivity contribution in [1.82, 2.24) is 9.62 Å². The molecule has 1 aromatic rings. The van der Waals surface area contributed by atoms with Crippen molar-refractivity contribution in [1.29, 1.82) is 0 Å². The molecule has 1 aliphatic heterocycles. The van der Waals surface area contributed by atoms with Gasteiger partial charge in [-0.1, -0.05) is 0 Å². The molecule has 0 saturated carbocycles. The van der Waals surface area contributed by atoms with E-state index in [0.717, 1.165) is 0 Å². The maximum Gasteiger partial charge on any atom is 0.240 e. The standard InChI is InChI=1S/C15H22N2O6S/c1-21-13-4-3-12(11-14(13)22-2)24(19,20)16-6-5-15(18)17-7-9-23-10-8-17/h3-4,11,16H,5-10H2,1-2H3. The number of morpholine rings is 1. The molecule has 134 valence electrons. The first-order valence-corrected chi connectivity index (χ1v) is 9.03. The number of ether oxygens (including phenoxy) is 3. The van der Waals surface area contributed by atoms with Gasteiger partial charge >= 0.3 is 0 Å². The summed E-state index contributed by atoms with van der Waals surface area (Å²) in [6, 6.07) is 4.32. The lowest BCUT2D eigenvalue weighted by molar-refractivity contribution is -0.135. The molecule has 0 unspecified atom stereocenters. The molecule has 0 radical (unpaired) electrons. The van der Waals surface area contributed by atoms with Crippen molar-refractivity contribution in [3.05, 3.63) is 18.2 Å². The fourth-order valence-corrected chi connectivity index (χ4v) is 3.38. The summed E-state index contributed by atoms with van der Waals surface area (Å²) >= 11 is 0. The average Bonchev–Trinajstić information content (AvgIpc) is 2.61. The molecule has 1 aliphatic rings. The summed E-state index contributed by atoms with van der Waals surface area (Å²) < 4.78 is 42.4. The van der Waals surface area contributed by atoms with Gasteiger partial charge in [-0.15, -0.1) is 0 Å². The fraction of sp³-hybridized carbons (Fsp3) is 0.533. The zero-order valence-electron chi connectivity index (χ0n) is 13.8. The van der Waals surface area contributed by atoms with Crippen LogP contribution in [0, 0.1) is 0 Å². The van der Waals surface area contributed by atoms with E-state index in [1.807, 2.05) is 0 Å². The minimum absolute atomic E-state index is 0.0346. The van der Waals surface area contributed by atoms with Crippen LogP contribution in [0.5, 0.6) is 11.5 Å². The molecule has 0 aliphatic carbocycles. The average molecular weight is 358 g/mol. The Kier molecular flexibility index (Phi) is 6.41. The van der Waals surface area contributed by atoms with Crippen molar-refractivity contribution in [3.63, 3.8) is 0 Å². The smallest absolute Gasteiger partial charge is 0.240 e. The van der Waals surface area contributed by atoms with Gasteiger partial charge in [-0.05, 0) is 12.1 Å². The van der Waals surface area contributed by atoms with Crippen LogP contribution in [0.15, 0.2) is 23.1 Å². The Balaban J connectivity index is 1.94. The molecule has 1 N–H and O–H groups in total. The monoisotopic (exact) mass is 358 g/mol. The molecule has 1 aromatic carbocycles. The topological polar surface area (TPSA) is 94.2 Å². The molecule has 0 aromatic heterocycles. The van der Waals surface area contributed by atoms with Crippen LogP contribution < -0.4 is 14.2 Å². The summed E-state index contributed by atoms with van der Waals surface area (Å²) in [6.07, 6.45) is 0.104. The lowest BCUT2D eigenvalue weighted by Crippen LogP contribution is -2.42. The van der Waals surface area contributed by atoms with E-state index in [-0.39, 0.29) is 23.8 Å². The predicted molar refractivity (Wildman–Crippen MR) is 86.8 cm³/mol. The highest BCUT2D eigenvalue weighted by Gasteiger charge is 2.19. The summed E-state index contributed by atoms with van der Waals surface area (Å²) in [5.41, 5.74) is 0. The highest BCUT2D eigenvalue weighted by atomic mass is 32.2. The Morgan fingerprint density at radius 3 is 2.50 bits per heavy atom. The van der Waals surface area contributed by atoms with Crippen LogP contribution in [0.25, 0.3) is 0 Å². The van der Waals surface area contributed by atoms with Crippen molar-refractivity contribution >= 4 is 15.9 Å². The van der Waals surface area contributed by atoms with Gasteiger partial charge in [-0.3, -0.25) is 4.79 Å². The van der Waals surface area contributed by atoms with Gasteiger partial charge in [-0.2, -0.15) is 0 Å². The molecular formula is C15H22N2O6S. The van der Waals surface area contributed by atoms with Crippen LogP contribution in [-0.2, 0) is 19.6 Å². The minimum Gasteiger partial charge on any atom is -0.493 e. The number of amides is 1. The second-order valence-electron chi connectivity index (χ2n) is 5.16. The molecule has 1 fully saturated rings. The number of hydrogen-bond acceptors (Lipinski definition) is 6. The molecule has 24 heavy (non-hydrogen) atoms. The summed E-state index contributed by atoms with van der Waals surface area (Å²) in [4.78, 5) is 13.7. The first-order valence-electron chi connectivity index (χ1n) is 7.55. The van der Waals surface area contributed by atoms with Gasteiger partial charge in [-0.25, -0.2) is 13.1 Å². The van der Waals surface area contributed by atoms with Crippen molar-refractivity contribution in [2.24, 2.45) is 0 Å². The minimum atomic E-state index is -3.73. The molecule has 1 heterocycles. The van der Waals surface area contributed by atoms with Gasteiger partial charge in [0.2, 0.25) is 15.9 Å². The van der Waals surface area contributed by atoms with Gasteiger partial charge in [0.1, 0.15) is 0 Å². The Labute approximate surface area is 141 Å². The normalized spacial score (nSPS) is 15.2. The first-order chi connectivity index (χ1) is 11.5. The van der Waals surface area contributed by atoms with Crippen molar-refractivity contribution in [2.75, 3.05) is 47.1 Å². The highest BCUT2D eigenvalue weighted by Crippen LogP contribution is 2.29. The predicted octanol–water partition coefficient (Wildman–Crippen LogP) is 0.231. The zero-order valence-corrected chi connectivity index (χ0v) is 14.6. The number of carbonyl (C=O) groups excluding carboxylic acids is 1. The zero-order chi connectivity index (χ0) is 17.6. The van der Waals surface area contributed by atoms with Gasteiger partial charge in [0.05, 0.1) is 32.3 Å². The molecule has 9 heteroatoms. The lowest BCUT2D eigenvalue weighted by Gasteiger charge is -2.26. The van der Waals surface area contributed by atoms with E-state index < -0.39 is 10.0 Å². The van der Waals surface area contributed by atoms with Crippen LogP contribution in [0.1, 0.15) is 6.42 Å². The van der Waals surface area contributed by atoms with Crippen LogP contribution >= 0.6 is 0 Å². The van der Waals surface area contributed by atoms with E-state index in [9.17, 15) is 13.2 Å². The third-order valence-electron chi connectivity index (χ3n) is 3.66. The Hall–Kier alpha value is -1.84. The number of benzene rings is 1. The Morgan fingerprint density at radius 2 is 1.88 bits per heavy atom. The van der Waals surface area contributed by atoms with Crippen molar-refractivity contribution in [2.45, 2.75) is 11.3 Å². The molecule has 1 saturated heterocycles. The molecule has 0 spiro atoms. The summed E-state index contributed by atoms with van der Waals surface area (Å²) in [5.74, 6) is 0.678. The lowest BCUT2D eigenvalue weighted by atomic mass is 10.3. The molecule has 8 nitrogen and oxygen atoms in total. The highest BCUT2D eigenvalue weighted by molar-refractivity contribution is 7.89.